The Morgan fingerprint density at radius 1 is 1.11 bits per heavy atom. The highest BCUT2D eigenvalue weighted by Gasteiger charge is 2.37. The topological polar surface area (TPSA) is 108 Å². The fourth-order valence-electron chi connectivity index (χ4n) is 4.39. The number of hydrogen-bond donors (Lipinski definition) is 2. The summed E-state index contributed by atoms with van der Waals surface area (Å²) in [5.41, 5.74) is -0.0823. The van der Waals surface area contributed by atoms with Gasteiger partial charge in [-0.05, 0) is 18.9 Å². The summed E-state index contributed by atoms with van der Waals surface area (Å²) in [6, 6.07) is 1.16. The standard InChI is InChI=1S/C20H25F3N8O2S2/c1-35(32,33)30-6-2-14(3-7-30)27-18-28-31-16(12-26-19(31)34-18)13-10-15(20(21,22)23)17(25-11-13)29-8-4-24-5-9-29/h10-12,14,24H,2-9H2,1H3,(H,27,28). The summed E-state index contributed by atoms with van der Waals surface area (Å²) in [6.45, 7) is 2.97. The van der Waals surface area contributed by atoms with Gasteiger partial charge < -0.3 is 15.5 Å². The number of aromatic nitrogens is 4. The van der Waals surface area contributed by atoms with Gasteiger partial charge in [0.1, 0.15) is 5.82 Å². The van der Waals surface area contributed by atoms with Crippen LogP contribution in [0.15, 0.2) is 18.5 Å². The van der Waals surface area contributed by atoms with E-state index in [9.17, 15) is 21.6 Å². The van der Waals surface area contributed by atoms with E-state index in [1.807, 2.05) is 0 Å². The Kier molecular flexibility index (Phi) is 6.35. The lowest BCUT2D eigenvalue weighted by molar-refractivity contribution is -0.137. The summed E-state index contributed by atoms with van der Waals surface area (Å²) < 4.78 is 68.2. The minimum absolute atomic E-state index is 0.0455. The van der Waals surface area contributed by atoms with E-state index in [0.29, 0.717) is 67.9 Å². The molecule has 5 heterocycles. The molecule has 2 aliphatic heterocycles. The number of imidazole rings is 1. The molecule has 190 valence electrons. The van der Waals surface area contributed by atoms with Crippen LogP contribution < -0.4 is 15.5 Å². The van der Waals surface area contributed by atoms with E-state index in [2.05, 4.69) is 25.7 Å². The summed E-state index contributed by atoms with van der Waals surface area (Å²) in [5, 5.41) is 11.5. The second kappa shape index (κ2) is 9.19. The Morgan fingerprint density at radius 2 is 1.83 bits per heavy atom. The number of nitrogens with one attached hydrogen (secondary N) is 2. The van der Waals surface area contributed by atoms with Gasteiger partial charge in [0.2, 0.25) is 20.1 Å². The van der Waals surface area contributed by atoms with Gasteiger partial charge in [-0.25, -0.2) is 27.2 Å². The highest BCUT2D eigenvalue weighted by Crippen LogP contribution is 2.38. The van der Waals surface area contributed by atoms with Gasteiger partial charge in [-0.15, -0.1) is 5.10 Å². The molecule has 0 aliphatic carbocycles. The first kappa shape index (κ1) is 24.2. The van der Waals surface area contributed by atoms with Crippen molar-refractivity contribution in [2.75, 3.05) is 55.7 Å². The third-order valence-corrected chi connectivity index (χ3v) is 8.38. The van der Waals surface area contributed by atoms with Crippen LogP contribution in [0.5, 0.6) is 0 Å². The van der Waals surface area contributed by atoms with Gasteiger partial charge in [-0.1, -0.05) is 11.3 Å². The maximum absolute atomic E-state index is 13.9. The van der Waals surface area contributed by atoms with Crippen LogP contribution >= 0.6 is 11.3 Å². The van der Waals surface area contributed by atoms with E-state index in [0.717, 1.165) is 6.07 Å². The molecule has 0 saturated carbocycles. The molecular weight excluding hydrogens is 505 g/mol. The molecular formula is C20H25F3N8O2S2. The van der Waals surface area contributed by atoms with E-state index in [-0.39, 0.29) is 17.4 Å². The molecule has 2 N–H and O–H groups in total. The quantitative estimate of drug-likeness (QED) is 0.517. The van der Waals surface area contributed by atoms with Crippen molar-refractivity contribution in [1.29, 1.82) is 0 Å². The number of hydrogen-bond acceptors (Lipinski definition) is 9. The number of halogens is 3. The van der Waals surface area contributed by atoms with Gasteiger partial charge >= 0.3 is 6.18 Å². The number of piperazine rings is 1. The summed E-state index contributed by atoms with van der Waals surface area (Å²) in [5.74, 6) is -0.0652. The zero-order valence-corrected chi connectivity index (χ0v) is 20.5. The molecule has 0 spiro atoms. The number of nitrogens with zero attached hydrogens (tertiary/aromatic N) is 6. The predicted octanol–water partition coefficient (Wildman–Crippen LogP) is 2.12. The molecule has 3 aromatic heterocycles. The Balaban J connectivity index is 1.39. The summed E-state index contributed by atoms with van der Waals surface area (Å²) in [6.07, 6.45) is 0.844. The number of sulfonamides is 1. The minimum Gasteiger partial charge on any atom is -0.357 e. The molecule has 0 bridgehead atoms. The van der Waals surface area contributed by atoms with Crippen LogP contribution in [-0.2, 0) is 16.2 Å². The van der Waals surface area contributed by atoms with Gasteiger partial charge in [0.15, 0.2) is 0 Å². The van der Waals surface area contributed by atoms with Gasteiger partial charge in [0, 0.05) is 57.1 Å². The van der Waals surface area contributed by atoms with E-state index in [4.69, 9.17) is 0 Å². The maximum atomic E-state index is 13.9. The molecule has 3 aromatic rings. The molecule has 2 fully saturated rings. The van der Waals surface area contributed by atoms with Crippen molar-refractivity contribution in [3.05, 3.63) is 24.0 Å². The van der Waals surface area contributed by atoms with Gasteiger partial charge in [-0.3, -0.25) is 0 Å². The third kappa shape index (κ3) is 5.08. The first-order valence-corrected chi connectivity index (χ1v) is 13.9. The van der Waals surface area contributed by atoms with E-state index in [1.54, 1.807) is 4.90 Å². The van der Waals surface area contributed by atoms with E-state index < -0.39 is 21.8 Å². The minimum atomic E-state index is -4.55. The number of rotatable bonds is 5. The van der Waals surface area contributed by atoms with Crippen LogP contribution in [0.25, 0.3) is 16.2 Å². The fourth-order valence-corrected chi connectivity index (χ4v) is 6.12. The van der Waals surface area contributed by atoms with Crippen molar-refractivity contribution < 1.29 is 21.6 Å². The Hall–Kier alpha value is -2.49. The number of pyridine rings is 1. The Morgan fingerprint density at radius 3 is 2.49 bits per heavy atom. The Bertz CT molecular complexity index is 1310. The first-order valence-electron chi connectivity index (χ1n) is 11.2. The Labute approximate surface area is 204 Å². The molecule has 0 aromatic carbocycles. The lowest BCUT2D eigenvalue weighted by Gasteiger charge is -2.30. The second-order valence-corrected chi connectivity index (χ2v) is 11.6. The van der Waals surface area contributed by atoms with Crippen LogP contribution in [-0.4, -0.2) is 83.9 Å². The lowest BCUT2D eigenvalue weighted by atomic mass is 10.1. The molecule has 15 heteroatoms. The smallest absolute Gasteiger partial charge is 0.357 e. The number of anilines is 2. The van der Waals surface area contributed by atoms with Crippen molar-refractivity contribution >= 4 is 37.3 Å². The molecule has 35 heavy (non-hydrogen) atoms. The molecule has 0 amide bonds. The number of alkyl halides is 3. The molecule has 5 rings (SSSR count). The molecule has 2 aliphatic rings. The maximum Gasteiger partial charge on any atom is 0.419 e. The second-order valence-electron chi connectivity index (χ2n) is 8.66. The molecule has 10 nitrogen and oxygen atoms in total. The van der Waals surface area contributed by atoms with Crippen LogP contribution in [0.2, 0.25) is 0 Å². The monoisotopic (exact) mass is 530 g/mol. The molecule has 2 saturated heterocycles. The fraction of sp³-hybridized carbons (Fsp3) is 0.550. The van der Waals surface area contributed by atoms with Crippen molar-refractivity contribution in [3.63, 3.8) is 0 Å². The number of fused-ring (bicyclic) bond motifs is 1. The van der Waals surface area contributed by atoms with Crippen LogP contribution in [0, 0.1) is 0 Å². The third-order valence-electron chi connectivity index (χ3n) is 6.22. The number of piperidine rings is 1. The van der Waals surface area contributed by atoms with Crippen LogP contribution in [0.4, 0.5) is 24.1 Å². The summed E-state index contributed by atoms with van der Waals surface area (Å²) in [7, 11) is -3.21. The molecule has 0 unspecified atom stereocenters. The summed E-state index contributed by atoms with van der Waals surface area (Å²) >= 11 is 1.29. The van der Waals surface area contributed by atoms with E-state index in [1.165, 1.54) is 38.8 Å². The van der Waals surface area contributed by atoms with E-state index >= 15 is 0 Å². The molecule has 0 atom stereocenters. The zero-order valence-electron chi connectivity index (χ0n) is 18.9. The average molecular weight is 531 g/mol. The van der Waals surface area contributed by atoms with Gasteiger partial charge in [0.05, 0.1) is 23.7 Å². The van der Waals surface area contributed by atoms with Gasteiger partial charge in [-0.2, -0.15) is 13.2 Å². The van der Waals surface area contributed by atoms with Crippen molar-refractivity contribution in [3.8, 4) is 11.3 Å². The van der Waals surface area contributed by atoms with Crippen molar-refractivity contribution in [2.45, 2.75) is 25.1 Å². The van der Waals surface area contributed by atoms with Crippen molar-refractivity contribution in [2.24, 2.45) is 0 Å². The highest BCUT2D eigenvalue weighted by atomic mass is 32.2. The normalized spacial score (nSPS) is 18.9. The van der Waals surface area contributed by atoms with Gasteiger partial charge in [0.25, 0.3) is 0 Å². The van der Waals surface area contributed by atoms with Crippen LogP contribution in [0.3, 0.4) is 0 Å². The zero-order chi connectivity index (χ0) is 24.8. The largest absolute Gasteiger partial charge is 0.419 e. The average Bonchev–Trinajstić information content (AvgIpc) is 3.39. The SMILES string of the molecule is CS(=O)(=O)N1CCC(Nc2nn3c(-c4cnc(N5CCNCC5)c(C(F)(F)F)c4)cnc3s2)CC1. The first-order chi connectivity index (χ1) is 16.6. The lowest BCUT2D eigenvalue weighted by Crippen LogP contribution is -2.44. The van der Waals surface area contributed by atoms with Crippen LogP contribution in [0.1, 0.15) is 18.4 Å². The van der Waals surface area contributed by atoms with Crippen molar-refractivity contribution in [1.82, 2.24) is 29.2 Å². The molecule has 0 radical (unpaired) electrons. The predicted molar refractivity (Wildman–Crippen MR) is 127 cm³/mol. The summed E-state index contributed by atoms with van der Waals surface area (Å²) in [4.78, 5) is 10.7. The highest BCUT2D eigenvalue weighted by molar-refractivity contribution is 7.88.